The molecule has 5 nitrogen and oxygen atoms in total. The predicted octanol–water partition coefficient (Wildman–Crippen LogP) is 3.64. The molecule has 2 aromatic rings. The van der Waals surface area contributed by atoms with Crippen molar-refractivity contribution in [2.24, 2.45) is 0 Å². The minimum atomic E-state index is 0.402. The van der Waals surface area contributed by atoms with Gasteiger partial charge in [-0.05, 0) is 50.9 Å². The van der Waals surface area contributed by atoms with Gasteiger partial charge in [-0.15, -0.1) is 0 Å². The summed E-state index contributed by atoms with van der Waals surface area (Å²) >= 11 is 6.98. The molecule has 0 saturated carbocycles. The summed E-state index contributed by atoms with van der Waals surface area (Å²) in [5.74, 6) is 1.30. The molecule has 2 aromatic heterocycles. The maximum Gasteiger partial charge on any atom is 0.181 e. The predicted molar refractivity (Wildman–Crippen MR) is 85.5 cm³/mol. The minimum Gasteiger partial charge on any atom is -0.378 e. The second-order valence-corrected chi connectivity index (χ2v) is 5.60. The van der Waals surface area contributed by atoms with Gasteiger partial charge in [0.2, 0.25) is 0 Å². The molecule has 2 rings (SSSR count). The average Bonchev–Trinajstić information content (AvgIpc) is 2.44. The Morgan fingerprint density at radius 1 is 1.30 bits per heavy atom. The summed E-state index contributed by atoms with van der Waals surface area (Å²) in [5, 5.41) is 3.21. The molecule has 0 saturated heterocycles. The van der Waals surface area contributed by atoms with Crippen molar-refractivity contribution in [3.05, 3.63) is 33.0 Å². The highest BCUT2D eigenvalue weighted by Crippen LogP contribution is 2.29. The van der Waals surface area contributed by atoms with Gasteiger partial charge >= 0.3 is 0 Å². The number of halogens is 2. The molecule has 106 valence electrons. The number of nitrogens with one attached hydrogen (secondary N) is 1. The van der Waals surface area contributed by atoms with E-state index in [1.165, 1.54) is 0 Å². The van der Waals surface area contributed by atoms with E-state index in [9.17, 15) is 0 Å². The summed E-state index contributed by atoms with van der Waals surface area (Å²) in [6.45, 7) is 3.19. The average molecular weight is 402 g/mol. The van der Waals surface area contributed by atoms with Crippen molar-refractivity contribution < 1.29 is 4.74 Å². The zero-order valence-corrected chi connectivity index (χ0v) is 14.3. The Bertz CT molecular complexity index is 580. The van der Waals surface area contributed by atoms with Crippen molar-refractivity contribution in [3.8, 4) is 11.5 Å². The van der Waals surface area contributed by atoms with Crippen LogP contribution in [0.15, 0.2) is 27.3 Å². The Morgan fingerprint density at radius 3 is 2.75 bits per heavy atom. The van der Waals surface area contributed by atoms with Crippen LogP contribution in [-0.4, -0.2) is 28.6 Å². The molecule has 0 spiro atoms. The fourth-order valence-corrected chi connectivity index (χ4v) is 2.53. The Kier molecular flexibility index (Phi) is 5.45. The van der Waals surface area contributed by atoms with Gasteiger partial charge in [0.15, 0.2) is 5.82 Å². The van der Waals surface area contributed by atoms with Crippen LogP contribution >= 0.6 is 31.9 Å². The van der Waals surface area contributed by atoms with E-state index in [1.807, 2.05) is 19.1 Å². The lowest BCUT2D eigenvalue weighted by Crippen LogP contribution is -2.07. The van der Waals surface area contributed by atoms with Crippen LogP contribution < -0.4 is 5.32 Å². The fourth-order valence-electron chi connectivity index (χ4n) is 1.67. The normalized spacial score (nSPS) is 10.6. The highest BCUT2D eigenvalue weighted by Gasteiger charge is 2.15. The number of rotatable bonds is 5. The Balaban J connectivity index is 2.56. The Labute approximate surface area is 134 Å². The van der Waals surface area contributed by atoms with E-state index in [-0.39, 0.29) is 0 Å². The number of ether oxygens (including phenoxy) is 1. The van der Waals surface area contributed by atoms with Crippen molar-refractivity contribution in [1.29, 1.82) is 0 Å². The maximum absolute atomic E-state index is 5.18. The molecule has 2 heterocycles. The van der Waals surface area contributed by atoms with Crippen LogP contribution in [0.4, 0.5) is 5.82 Å². The summed E-state index contributed by atoms with van der Waals surface area (Å²) in [6, 6.07) is 3.77. The zero-order chi connectivity index (χ0) is 14.5. The molecule has 0 atom stereocenters. The van der Waals surface area contributed by atoms with Crippen molar-refractivity contribution in [1.82, 2.24) is 15.0 Å². The van der Waals surface area contributed by atoms with E-state index in [1.54, 1.807) is 13.3 Å². The number of nitrogens with zero attached hydrogens (tertiary/aromatic N) is 3. The number of hydrogen-bond donors (Lipinski definition) is 1. The number of methoxy groups -OCH3 is 1. The van der Waals surface area contributed by atoms with Crippen LogP contribution in [0.25, 0.3) is 11.5 Å². The first-order valence-corrected chi connectivity index (χ1v) is 7.66. The van der Waals surface area contributed by atoms with E-state index in [0.717, 1.165) is 27.0 Å². The van der Waals surface area contributed by atoms with Crippen molar-refractivity contribution in [3.63, 3.8) is 0 Å². The fraction of sp³-hybridized carbons (Fsp3) is 0.308. The molecule has 0 aliphatic carbocycles. The van der Waals surface area contributed by atoms with Crippen LogP contribution in [0, 0.1) is 0 Å². The van der Waals surface area contributed by atoms with Crippen molar-refractivity contribution >= 4 is 37.7 Å². The van der Waals surface area contributed by atoms with Gasteiger partial charge < -0.3 is 10.1 Å². The second kappa shape index (κ2) is 7.10. The summed E-state index contributed by atoms with van der Waals surface area (Å²) in [6.07, 6.45) is 1.72. The first-order chi connectivity index (χ1) is 9.67. The van der Waals surface area contributed by atoms with Gasteiger partial charge in [0.25, 0.3) is 0 Å². The lowest BCUT2D eigenvalue weighted by atomic mass is 10.3. The van der Waals surface area contributed by atoms with Crippen LogP contribution in [0.5, 0.6) is 0 Å². The minimum absolute atomic E-state index is 0.402. The van der Waals surface area contributed by atoms with E-state index in [4.69, 9.17) is 4.74 Å². The van der Waals surface area contributed by atoms with Crippen LogP contribution in [0.1, 0.15) is 12.6 Å². The third-order valence-electron chi connectivity index (χ3n) is 2.52. The first kappa shape index (κ1) is 15.3. The van der Waals surface area contributed by atoms with Gasteiger partial charge in [-0.25, -0.2) is 9.97 Å². The third-order valence-corrected chi connectivity index (χ3v) is 3.99. The molecule has 7 heteroatoms. The lowest BCUT2D eigenvalue weighted by molar-refractivity contribution is 0.181. The summed E-state index contributed by atoms with van der Waals surface area (Å²) < 4.78 is 6.85. The topological polar surface area (TPSA) is 59.9 Å². The molecule has 20 heavy (non-hydrogen) atoms. The number of anilines is 1. The SMILES string of the molecule is CCNc1nc(-c2ncccc2Br)nc(COC)c1Br. The molecule has 0 fully saturated rings. The highest BCUT2D eigenvalue weighted by molar-refractivity contribution is 9.11. The molecule has 0 aliphatic rings. The summed E-state index contributed by atoms with van der Waals surface area (Å²) in [7, 11) is 1.64. The molecule has 1 N–H and O–H groups in total. The van der Waals surface area contributed by atoms with E-state index < -0.39 is 0 Å². The molecule has 0 aromatic carbocycles. The standard InChI is InChI=1S/C13H14Br2N4O/c1-3-16-12-10(15)9(7-20-2)18-13(19-12)11-8(14)5-4-6-17-11/h4-6H,3,7H2,1-2H3,(H,16,18,19). The van der Waals surface area contributed by atoms with Crippen molar-refractivity contribution in [2.75, 3.05) is 19.0 Å². The van der Waals surface area contributed by atoms with E-state index in [0.29, 0.717) is 18.1 Å². The monoisotopic (exact) mass is 400 g/mol. The number of pyridine rings is 1. The van der Waals surface area contributed by atoms with E-state index >= 15 is 0 Å². The van der Waals surface area contributed by atoms with Gasteiger partial charge in [-0.3, -0.25) is 4.98 Å². The van der Waals surface area contributed by atoms with Gasteiger partial charge in [-0.2, -0.15) is 0 Å². The first-order valence-electron chi connectivity index (χ1n) is 6.07. The Hall–Kier alpha value is -1.05. The van der Waals surface area contributed by atoms with Gasteiger partial charge in [-0.1, -0.05) is 0 Å². The molecule has 0 amide bonds. The van der Waals surface area contributed by atoms with Crippen molar-refractivity contribution in [2.45, 2.75) is 13.5 Å². The maximum atomic E-state index is 5.18. The Morgan fingerprint density at radius 2 is 2.10 bits per heavy atom. The van der Waals surface area contributed by atoms with E-state index in [2.05, 4.69) is 52.1 Å². The smallest absolute Gasteiger partial charge is 0.181 e. The number of hydrogen-bond acceptors (Lipinski definition) is 5. The number of aromatic nitrogens is 3. The van der Waals surface area contributed by atoms with Gasteiger partial charge in [0, 0.05) is 24.3 Å². The lowest BCUT2D eigenvalue weighted by Gasteiger charge is -2.12. The van der Waals surface area contributed by atoms with Gasteiger partial charge in [0.1, 0.15) is 11.5 Å². The molecule has 0 unspecified atom stereocenters. The molecule has 0 bridgehead atoms. The third kappa shape index (κ3) is 3.34. The molecule has 0 radical (unpaired) electrons. The van der Waals surface area contributed by atoms with Crippen LogP contribution in [0.3, 0.4) is 0 Å². The zero-order valence-electron chi connectivity index (χ0n) is 11.2. The molecule has 0 aliphatic heterocycles. The van der Waals surface area contributed by atoms with Crippen LogP contribution in [0.2, 0.25) is 0 Å². The highest BCUT2D eigenvalue weighted by atomic mass is 79.9. The molecular formula is C13H14Br2N4O. The summed E-state index contributed by atoms with van der Waals surface area (Å²) in [5.41, 5.74) is 1.49. The van der Waals surface area contributed by atoms with Crippen LogP contribution in [-0.2, 0) is 11.3 Å². The van der Waals surface area contributed by atoms with Gasteiger partial charge in [0.05, 0.1) is 16.8 Å². The second-order valence-electron chi connectivity index (χ2n) is 3.95. The largest absolute Gasteiger partial charge is 0.378 e. The quantitative estimate of drug-likeness (QED) is 0.828. The summed E-state index contributed by atoms with van der Waals surface area (Å²) in [4.78, 5) is 13.4. The molecular weight excluding hydrogens is 388 g/mol.